The van der Waals surface area contributed by atoms with E-state index in [0.717, 1.165) is 47.4 Å². The molecule has 1 N–H and O–H groups in total. The van der Waals surface area contributed by atoms with E-state index in [1.165, 1.54) is 13.1 Å². The van der Waals surface area contributed by atoms with Crippen LogP contribution < -0.4 is 10.2 Å². The molecule has 0 saturated heterocycles. The summed E-state index contributed by atoms with van der Waals surface area (Å²) in [5, 5.41) is 2.76. The highest BCUT2D eigenvalue weighted by atomic mass is 35.5. The van der Waals surface area contributed by atoms with Gasteiger partial charge in [-0.05, 0) is 25.0 Å². The summed E-state index contributed by atoms with van der Waals surface area (Å²) in [6.45, 7) is 0.269. The Kier molecular flexibility index (Phi) is 8.41. The third kappa shape index (κ3) is 5.53. The van der Waals surface area contributed by atoms with Crippen LogP contribution in [0.5, 0.6) is 0 Å². The molecule has 8 nitrogen and oxygen atoms in total. The second kappa shape index (κ2) is 10.3. The van der Waals surface area contributed by atoms with E-state index in [-0.39, 0.29) is 17.3 Å². The number of likely N-dealkylation sites (N-methyl/N-ethyl adjacent to an activating group) is 1. The normalized spacial score (nSPS) is 11.9. The second-order valence-electron chi connectivity index (χ2n) is 6.65. The Hall–Kier alpha value is -1.49. The predicted octanol–water partition coefficient (Wildman–Crippen LogP) is 2.29. The Bertz CT molecular complexity index is 901. The van der Waals surface area contributed by atoms with Crippen LogP contribution in [-0.2, 0) is 14.8 Å². The Morgan fingerprint density at radius 1 is 1.11 bits per heavy atom. The Morgan fingerprint density at radius 3 is 2.46 bits per heavy atom. The van der Waals surface area contributed by atoms with Crippen LogP contribution >= 0.6 is 23.3 Å². The number of rotatable bonds is 11. The number of benzene rings is 1. The Morgan fingerprint density at radius 2 is 1.79 bits per heavy atom. The van der Waals surface area contributed by atoms with E-state index < -0.39 is 10.0 Å². The van der Waals surface area contributed by atoms with E-state index in [1.807, 2.05) is 19.0 Å². The van der Waals surface area contributed by atoms with Gasteiger partial charge in [0.2, 0.25) is 15.9 Å². The van der Waals surface area contributed by atoms with Crippen LogP contribution in [0.3, 0.4) is 0 Å². The molecule has 0 aliphatic rings. The van der Waals surface area contributed by atoms with Crippen molar-refractivity contribution in [3.63, 3.8) is 0 Å². The monoisotopic (exact) mass is 447 g/mol. The fourth-order valence-corrected chi connectivity index (χ4v) is 4.78. The van der Waals surface area contributed by atoms with Crippen LogP contribution in [0.1, 0.15) is 25.7 Å². The molecule has 0 aliphatic carbocycles. The van der Waals surface area contributed by atoms with Crippen molar-refractivity contribution in [1.82, 2.24) is 18.4 Å². The van der Waals surface area contributed by atoms with E-state index in [0.29, 0.717) is 23.5 Å². The first-order chi connectivity index (χ1) is 13.3. The molecule has 0 fully saturated rings. The number of aromatic nitrogens is 2. The lowest BCUT2D eigenvalue weighted by atomic mass is 10.2. The van der Waals surface area contributed by atoms with Crippen molar-refractivity contribution in [3.05, 3.63) is 12.1 Å². The summed E-state index contributed by atoms with van der Waals surface area (Å²) in [5.74, 6) is 0.313. The average molecular weight is 448 g/mol. The van der Waals surface area contributed by atoms with Crippen molar-refractivity contribution < 1.29 is 13.2 Å². The predicted molar refractivity (Wildman–Crippen MR) is 114 cm³/mol. The number of amides is 1. The summed E-state index contributed by atoms with van der Waals surface area (Å²) < 4.78 is 35.4. The van der Waals surface area contributed by atoms with Gasteiger partial charge in [0.25, 0.3) is 0 Å². The number of sulfonamides is 1. The molecule has 0 spiro atoms. The highest BCUT2D eigenvalue weighted by molar-refractivity contribution is 7.89. The van der Waals surface area contributed by atoms with Crippen molar-refractivity contribution in [3.8, 4) is 0 Å². The van der Waals surface area contributed by atoms with Crippen molar-refractivity contribution in [2.45, 2.75) is 30.6 Å². The number of anilines is 1. The van der Waals surface area contributed by atoms with Crippen molar-refractivity contribution in [2.24, 2.45) is 0 Å². The maximum Gasteiger partial charge on any atom is 0.245 e. The minimum absolute atomic E-state index is 0.0539. The topological polar surface area (TPSA) is 95.5 Å². The van der Waals surface area contributed by atoms with E-state index in [1.54, 1.807) is 6.07 Å². The third-order valence-corrected chi connectivity index (χ3v) is 6.91. The van der Waals surface area contributed by atoms with Crippen LogP contribution in [0.2, 0.25) is 0 Å². The molecule has 2 rings (SSSR count). The molecule has 11 heteroatoms. The number of nitrogens with zero attached hydrogens (tertiary/aromatic N) is 4. The lowest BCUT2D eigenvalue weighted by Crippen LogP contribution is -2.38. The zero-order chi connectivity index (χ0) is 20.7. The molecule has 1 aromatic carbocycles. The minimum Gasteiger partial charge on any atom is -0.376 e. The molecule has 2 aromatic rings. The molecule has 1 aromatic heterocycles. The van der Waals surface area contributed by atoms with Gasteiger partial charge in [0.15, 0.2) is 0 Å². The number of alkyl halides is 1. The lowest BCUT2D eigenvalue weighted by molar-refractivity contribution is -0.121. The highest BCUT2D eigenvalue weighted by Crippen LogP contribution is 2.30. The number of unbranched alkanes of at least 4 members (excludes halogenated alkanes) is 3. The standard InChI is InChI=1S/C17H26ClN5O3S2/c1-22(2)13-8-9-14(17-16(13)20-27-21-17)28(25,26)23(3)12-15(24)19-11-7-5-4-6-10-18/h8-9H,4-7,10-12H2,1-3H3,(H,19,24). The Labute approximate surface area is 175 Å². The summed E-state index contributed by atoms with van der Waals surface area (Å²) in [6.07, 6.45) is 3.81. The Balaban J connectivity index is 2.04. The fraction of sp³-hybridized carbons (Fsp3) is 0.588. The summed E-state index contributed by atoms with van der Waals surface area (Å²) in [6, 6.07) is 3.21. The molecule has 156 valence electrons. The third-order valence-electron chi connectivity index (χ3n) is 4.28. The summed E-state index contributed by atoms with van der Waals surface area (Å²) in [4.78, 5) is 14.0. The van der Waals surface area contributed by atoms with Gasteiger partial charge in [-0.25, -0.2) is 8.42 Å². The van der Waals surface area contributed by atoms with Crippen LogP contribution in [0.4, 0.5) is 5.69 Å². The maximum atomic E-state index is 13.0. The van der Waals surface area contributed by atoms with E-state index >= 15 is 0 Å². The van der Waals surface area contributed by atoms with Gasteiger partial charge in [0.05, 0.1) is 24.0 Å². The molecule has 0 radical (unpaired) electrons. The number of hydrogen-bond donors (Lipinski definition) is 1. The molecule has 0 aliphatic heterocycles. The zero-order valence-corrected chi connectivity index (χ0v) is 18.7. The summed E-state index contributed by atoms with van der Waals surface area (Å²) >= 11 is 6.59. The quantitative estimate of drug-likeness (QED) is 0.419. The number of halogens is 1. The van der Waals surface area contributed by atoms with Gasteiger partial charge >= 0.3 is 0 Å². The van der Waals surface area contributed by atoms with Crippen molar-refractivity contribution >= 4 is 56.0 Å². The largest absolute Gasteiger partial charge is 0.376 e. The first kappa shape index (κ1) is 22.8. The van der Waals surface area contributed by atoms with E-state index in [9.17, 15) is 13.2 Å². The van der Waals surface area contributed by atoms with Gasteiger partial charge in [-0.3, -0.25) is 4.79 Å². The van der Waals surface area contributed by atoms with Gasteiger partial charge in [0, 0.05) is 33.6 Å². The molecule has 1 amide bonds. The summed E-state index contributed by atoms with van der Waals surface area (Å²) in [5.41, 5.74) is 1.64. The van der Waals surface area contributed by atoms with Crippen molar-refractivity contribution in [2.75, 3.05) is 45.0 Å². The first-order valence-corrected chi connectivity index (χ1v) is 11.7. The first-order valence-electron chi connectivity index (χ1n) is 9.00. The van der Waals surface area contributed by atoms with Crippen LogP contribution in [0, 0.1) is 0 Å². The van der Waals surface area contributed by atoms with Gasteiger partial charge in [-0.15, -0.1) is 11.6 Å². The fourth-order valence-electron chi connectivity index (χ4n) is 2.71. The smallest absolute Gasteiger partial charge is 0.245 e. The van der Waals surface area contributed by atoms with Gasteiger partial charge in [-0.1, -0.05) is 12.8 Å². The van der Waals surface area contributed by atoms with Crippen LogP contribution in [-0.4, -0.2) is 67.5 Å². The number of fused-ring (bicyclic) bond motifs is 1. The van der Waals surface area contributed by atoms with Gasteiger partial charge < -0.3 is 10.2 Å². The number of hydrogen-bond acceptors (Lipinski definition) is 7. The van der Waals surface area contributed by atoms with Crippen LogP contribution in [0.25, 0.3) is 11.0 Å². The molecule has 0 bridgehead atoms. The number of carbonyl (C=O) groups excluding carboxylic acids is 1. The minimum atomic E-state index is -3.87. The van der Waals surface area contributed by atoms with Gasteiger partial charge in [0.1, 0.15) is 15.9 Å². The molecule has 28 heavy (non-hydrogen) atoms. The maximum absolute atomic E-state index is 13.0. The van der Waals surface area contributed by atoms with Crippen LogP contribution in [0.15, 0.2) is 17.0 Å². The SMILES string of the molecule is CN(C)c1ccc(S(=O)(=O)N(C)CC(=O)NCCCCCCCl)c2nsnc12. The zero-order valence-electron chi connectivity index (χ0n) is 16.3. The highest BCUT2D eigenvalue weighted by Gasteiger charge is 2.27. The van der Waals surface area contributed by atoms with Gasteiger partial charge in [-0.2, -0.15) is 13.1 Å². The summed E-state index contributed by atoms with van der Waals surface area (Å²) in [7, 11) is 1.23. The lowest BCUT2D eigenvalue weighted by Gasteiger charge is -2.18. The average Bonchev–Trinajstić information content (AvgIpc) is 3.12. The molecule has 0 saturated carbocycles. The molecular formula is C17H26ClN5O3S2. The van der Waals surface area contributed by atoms with E-state index in [4.69, 9.17) is 11.6 Å². The second-order valence-corrected chi connectivity index (χ2v) is 9.57. The molecular weight excluding hydrogens is 422 g/mol. The molecule has 0 atom stereocenters. The van der Waals surface area contributed by atoms with E-state index in [2.05, 4.69) is 14.1 Å². The number of nitrogens with one attached hydrogen (secondary N) is 1. The number of carbonyl (C=O) groups is 1. The van der Waals surface area contributed by atoms with Crippen molar-refractivity contribution in [1.29, 1.82) is 0 Å². The molecule has 0 unspecified atom stereocenters. The molecule has 1 heterocycles.